The summed E-state index contributed by atoms with van der Waals surface area (Å²) in [4.78, 5) is 6.91. The Labute approximate surface area is 132 Å². The maximum atomic E-state index is 6.09. The van der Waals surface area contributed by atoms with Gasteiger partial charge in [-0.15, -0.1) is 11.3 Å². The van der Waals surface area contributed by atoms with Gasteiger partial charge in [0, 0.05) is 31.3 Å². The molecule has 0 aromatic carbocycles. The predicted octanol–water partition coefficient (Wildman–Crippen LogP) is 3.02. The van der Waals surface area contributed by atoms with E-state index in [0.717, 1.165) is 40.8 Å². The number of nitrogens with zero attached hydrogens (tertiary/aromatic N) is 3. The maximum absolute atomic E-state index is 6.09. The number of piperidine rings is 1. The Morgan fingerprint density at radius 3 is 2.95 bits per heavy atom. The van der Waals surface area contributed by atoms with Crippen molar-refractivity contribution in [3.05, 3.63) is 11.1 Å². The molecule has 114 valence electrons. The van der Waals surface area contributed by atoms with Crippen LogP contribution in [0.5, 0.6) is 0 Å². The van der Waals surface area contributed by atoms with E-state index < -0.39 is 0 Å². The van der Waals surface area contributed by atoms with Crippen LogP contribution in [0.4, 0.5) is 10.8 Å². The summed E-state index contributed by atoms with van der Waals surface area (Å²) in [5.41, 5.74) is 8.10. The minimum Gasteiger partial charge on any atom is -0.382 e. The Bertz CT molecular complexity index is 624. The summed E-state index contributed by atoms with van der Waals surface area (Å²) in [6, 6.07) is 0. The van der Waals surface area contributed by atoms with Gasteiger partial charge in [0.2, 0.25) is 0 Å². The van der Waals surface area contributed by atoms with Gasteiger partial charge < -0.3 is 15.4 Å². The number of ether oxygens (including phenoxy) is 1. The molecular formula is C14H20N4OS2. The molecule has 1 fully saturated rings. The van der Waals surface area contributed by atoms with Crippen LogP contribution in [0.25, 0.3) is 10.6 Å². The van der Waals surface area contributed by atoms with Gasteiger partial charge in [0.05, 0.1) is 11.7 Å². The van der Waals surface area contributed by atoms with Gasteiger partial charge in [0.25, 0.3) is 0 Å². The molecule has 0 radical (unpaired) electrons. The van der Waals surface area contributed by atoms with Crippen molar-refractivity contribution in [2.45, 2.75) is 26.4 Å². The second-order valence-electron chi connectivity index (χ2n) is 5.53. The molecule has 0 saturated carbocycles. The minimum absolute atomic E-state index is 0.257. The number of rotatable bonds is 3. The van der Waals surface area contributed by atoms with Crippen molar-refractivity contribution in [2.75, 3.05) is 30.8 Å². The molecule has 2 N–H and O–H groups in total. The van der Waals surface area contributed by atoms with E-state index in [4.69, 9.17) is 10.5 Å². The van der Waals surface area contributed by atoms with E-state index in [1.54, 1.807) is 18.4 Å². The van der Waals surface area contributed by atoms with Gasteiger partial charge in [0.1, 0.15) is 15.8 Å². The highest BCUT2D eigenvalue weighted by Crippen LogP contribution is 2.42. The molecule has 3 heterocycles. The first-order valence-corrected chi connectivity index (χ1v) is 8.70. The Hall–Kier alpha value is -1.18. The molecule has 21 heavy (non-hydrogen) atoms. The largest absolute Gasteiger partial charge is 0.382 e. The SMILES string of the molecule is COC1CN(c2snc(N)c2-c2nc(C)cs2)CCC1C. The first-order chi connectivity index (χ1) is 10.1. The molecule has 0 bridgehead atoms. The smallest absolute Gasteiger partial charge is 0.149 e. The lowest BCUT2D eigenvalue weighted by molar-refractivity contribution is 0.0500. The highest BCUT2D eigenvalue weighted by molar-refractivity contribution is 7.15. The molecule has 2 aromatic heterocycles. The third kappa shape index (κ3) is 2.77. The van der Waals surface area contributed by atoms with Crippen LogP contribution in [0.1, 0.15) is 19.0 Å². The number of nitrogen functional groups attached to an aromatic ring is 1. The van der Waals surface area contributed by atoms with Gasteiger partial charge in [-0.25, -0.2) is 4.98 Å². The summed E-state index contributed by atoms with van der Waals surface area (Å²) < 4.78 is 9.96. The molecule has 7 heteroatoms. The van der Waals surface area contributed by atoms with Crippen LogP contribution < -0.4 is 10.6 Å². The maximum Gasteiger partial charge on any atom is 0.149 e. The molecule has 5 nitrogen and oxygen atoms in total. The first-order valence-electron chi connectivity index (χ1n) is 7.05. The number of anilines is 2. The fourth-order valence-electron chi connectivity index (χ4n) is 2.70. The monoisotopic (exact) mass is 324 g/mol. The third-order valence-corrected chi connectivity index (χ3v) is 5.91. The van der Waals surface area contributed by atoms with Crippen LogP contribution in [0.3, 0.4) is 0 Å². The van der Waals surface area contributed by atoms with E-state index in [0.29, 0.717) is 11.7 Å². The minimum atomic E-state index is 0.257. The van der Waals surface area contributed by atoms with Crippen LogP contribution in [-0.4, -0.2) is 35.7 Å². The molecule has 3 rings (SSSR count). The summed E-state index contributed by atoms with van der Waals surface area (Å²) in [5, 5.41) is 4.13. The van der Waals surface area contributed by atoms with Crippen molar-refractivity contribution in [3.63, 3.8) is 0 Å². The van der Waals surface area contributed by atoms with Crippen LogP contribution >= 0.6 is 22.9 Å². The number of hydrogen-bond donors (Lipinski definition) is 1. The average Bonchev–Trinajstić information content (AvgIpc) is 3.05. The number of methoxy groups -OCH3 is 1. The number of nitrogens with two attached hydrogens (primary N) is 1. The summed E-state index contributed by atoms with van der Waals surface area (Å²) in [6.07, 6.45) is 1.38. The molecule has 2 atom stereocenters. The van der Waals surface area contributed by atoms with Gasteiger partial charge in [0.15, 0.2) is 0 Å². The molecule has 2 unspecified atom stereocenters. The lowest BCUT2D eigenvalue weighted by Gasteiger charge is -2.36. The van der Waals surface area contributed by atoms with Crippen molar-refractivity contribution >= 4 is 33.7 Å². The first kappa shape index (κ1) is 14.7. The fraction of sp³-hybridized carbons (Fsp3) is 0.571. The van der Waals surface area contributed by atoms with E-state index in [9.17, 15) is 0 Å². The van der Waals surface area contributed by atoms with Gasteiger partial charge >= 0.3 is 0 Å². The standard InChI is InChI=1S/C14H20N4OS2/c1-8-4-5-18(6-10(8)19-3)14-11(12(15)17-21-14)13-16-9(2)7-20-13/h7-8,10H,4-6H2,1-3H3,(H2,15,17). The van der Waals surface area contributed by atoms with Crippen LogP contribution in [0.2, 0.25) is 0 Å². The topological polar surface area (TPSA) is 64.3 Å². The van der Waals surface area contributed by atoms with Crippen molar-refractivity contribution in [3.8, 4) is 10.6 Å². The van der Waals surface area contributed by atoms with Crippen LogP contribution in [0.15, 0.2) is 5.38 Å². The third-order valence-electron chi connectivity index (χ3n) is 4.01. The van der Waals surface area contributed by atoms with E-state index in [-0.39, 0.29) is 6.10 Å². The summed E-state index contributed by atoms with van der Waals surface area (Å²) in [6.45, 7) is 6.15. The normalized spacial score (nSPS) is 22.7. The van der Waals surface area contributed by atoms with Crippen LogP contribution in [0, 0.1) is 12.8 Å². The molecule has 0 aliphatic carbocycles. The average molecular weight is 324 g/mol. The van der Waals surface area contributed by atoms with Gasteiger partial charge in [-0.05, 0) is 30.8 Å². The van der Waals surface area contributed by atoms with Crippen molar-refractivity contribution < 1.29 is 4.74 Å². The Balaban J connectivity index is 1.93. The zero-order valence-corrected chi connectivity index (χ0v) is 14.1. The zero-order chi connectivity index (χ0) is 15.0. The van der Waals surface area contributed by atoms with Gasteiger partial charge in [-0.2, -0.15) is 4.37 Å². The summed E-state index contributed by atoms with van der Waals surface area (Å²) in [5.74, 6) is 1.17. The predicted molar refractivity (Wildman–Crippen MR) is 89.2 cm³/mol. The number of hydrogen-bond acceptors (Lipinski definition) is 7. The molecule has 1 aliphatic rings. The van der Waals surface area contributed by atoms with E-state index >= 15 is 0 Å². The van der Waals surface area contributed by atoms with Gasteiger partial charge in [-0.1, -0.05) is 6.92 Å². The highest BCUT2D eigenvalue weighted by atomic mass is 32.1. The van der Waals surface area contributed by atoms with Crippen molar-refractivity contribution in [2.24, 2.45) is 5.92 Å². The summed E-state index contributed by atoms with van der Waals surface area (Å²) >= 11 is 3.09. The van der Waals surface area contributed by atoms with Crippen molar-refractivity contribution in [1.29, 1.82) is 0 Å². The molecule has 2 aromatic rings. The Morgan fingerprint density at radius 2 is 2.29 bits per heavy atom. The quantitative estimate of drug-likeness (QED) is 0.940. The second kappa shape index (κ2) is 5.90. The number of thiazole rings is 1. The van der Waals surface area contributed by atoms with Gasteiger partial charge in [-0.3, -0.25) is 0 Å². The second-order valence-corrected chi connectivity index (χ2v) is 7.14. The molecular weight excluding hydrogens is 304 g/mol. The number of aromatic nitrogens is 2. The lowest BCUT2D eigenvalue weighted by atomic mass is 9.96. The molecule has 1 aliphatic heterocycles. The highest BCUT2D eigenvalue weighted by Gasteiger charge is 2.30. The number of aryl methyl sites for hydroxylation is 1. The van der Waals surface area contributed by atoms with Crippen LogP contribution in [-0.2, 0) is 4.74 Å². The zero-order valence-electron chi connectivity index (χ0n) is 12.5. The molecule has 0 amide bonds. The fourth-order valence-corrected chi connectivity index (χ4v) is 4.47. The van der Waals surface area contributed by atoms with Crippen molar-refractivity contribution in [1.82, 2.24) is 9.36 Å². The summed E-state index contributed by atoms with van der Waals surface area (Å²) in [7, 11) is 1.79. The Morgan fingerprint density at radius 1 is 1.48 bits per heavy atom. The van der Waals surface area contributed by atoms with E-state index in [2.05, 4.69) is 21.2 Å². The van der Waals surface area contributed by atoms with E-state index in [1.165, 1.54) is 11.5 Å². The Kier molecular flexibility index (Phi) is 4.14. The van der Waals surface area contributed by atoms with E-state index in [1.807, 2.05) is 12.3 Å². The lowest BCUT2D eigenvalue weighted by Crippen LogP contribution is -2.43. The molecule has 1 saturated heterocycles. The molecule has 0 spiro atoms.